The van der Waals surface area contributed by atoms with Gasteiger partial charge < -0.3 is 14.9 Å². The van der Waals surface area contributed by atoms with Crippen LogP contribution in [0.15, 0.2) is 41.6 Å². The molecule has 150 valence electrons. The largest absolute Gasteiger partial charge is 0.507 e. The third kappa shape index (κ3) is 5.46. The van der Waals surface area contributed by atoms with Gasteiger partial charge in [0.1, 0.15) is 28.6 Å². The van der Waals surface area contributed by atoms with Crippen molar-refractivity contribution in [3.8, 4) is 11.5 Å². The minimum Gasteiger partial charge on any atom is -0.507 e. The maximum atomic E-state index is 12.6. The molecule has 28 heavy (non-hydrogen) atoms. The number of phenolic OH excluding ortho intramolecular Hbond substituents is 1. The fraction of sp³-hybridized carbons (Fsp3) is 0.350. The quantitative estimate of drug-likeness (QED) is 0.688. The fourth-order valence-electron chi connectivity index (χ4n) is 2.23. The lowest BCUT2D eigenvalue weighted by Crippen LogP contribution is -2.22. The van der Waals surface area contributed by atoms with Crippen LogP contribution in [0.1, 0.15) is 50.2 Å². The van der Waals surface area contributed by atoms with Gasteiger partial charge in [-0.25, -0.2) is 4.21 Å². The summed E-state index contributed by atoms with van der Waals surface area (Å²) in [5.74, 6) is 0.397. The van der Waals surface area contributed by atoms with E-state index in [0.717, 1.165) is 0 Å². The molecule has 0 saturated heterocycles. The first-order valence-electron chi connectivity index (χ1n) is 8.65. The topological polar surface area (TPSA) is 105 Å². The summed E-state index contributed by atoms with van der Waals surface area (Å²) in [6.07, 6.45) is 3.47. The number of benzene rings is 1. The minimum absolute atomic E-state index is 0.00379. The Kier molecular flexibility index (Phi) is 7.04. The third-order valence-electron chi connectivity index (χ3n) is 3.86. The second-order valence-electron chi connectivity index (χ2n) is 7.07. The Bertz CT molecular complexity index is 889. The van der Waals surface area contributed by atoms with Crippen LogP contribution in [0.2, 0.25) is 0 Å². The highest BCUT2D eigenvalue weighted by Gasteiger charge is 2.23. The van der Waals surface area contributed by atoms with E-state index in [-0.39, 0.29) is 12.2 Å². The molecule has 0 spiro atoms. The maximum Gasteiger partial charge on any atom is 0.145 e. The number of hydrogen-bond donors (Lipinski definition) is 2. The fourth-order valence-corrected chi connectivity index (χ4v) is 2.88. The molecule has 0 bridgehead atoms. The molecule has 2 atom stereocenters. The second-order valence-corrected chi connectivity index (χ2v) is 8.98. The van der Waals surface area contributed by atoms with Gasteiger partial charge >= 0.3 is 0 Å². The van der Waals surface area contributed by atoms with Gasteiger partial charge in [0, 0.05) is 18.1 Å². The summed E-state index contributed by atoms with van der Waals surface area (Å²) < 4.78 is 21.4. The van der Waals surface area contributed by atoms with Gasteiger partial charge in [-0.05, 0) is 39.0 Å². The Hall–Kier alpha value is -2.58. The lowest BCUT2D eigenvalue weighted by atomic mass is 10.0. The van der Waals surface area contributed by atoms with Crippen molar-refractivity contribution >= 4 is 22.8 Å². The van der Waals surface area contributed by atoms with Gasteiger partial charge in [-0.3, -0.25) is 9.97 Å². The van der Waals surface area contributed by atoms with Crippen molar-refractivity contribution in [1.82, 2.24) is 9.97 Å². The van der Waals surface area contributed by atoms with Crippen LogP contribution in [-0.4, -0.2) is 42.0 Å². The van der Waals surface area contributed by atoms with Crippen molar-refractivity contribution < 1.29 is 19.2 Å². The van der Waals surface area contributed by atoms with Gasteiger partial charge in [0.25, 0.3) is 0 Å². The standard InChI is InChI=1S/C20H25N3O4S/c1-6-13-11-22-17(12-21-13)19(25)10-16(23-28(26)20(2,3)4)15-8-7-14(27-5)9-18(15)24/h6-9,11-12,19,24-25H,1,10H2,2-5H3/b23-16+/t19-,28?/m0/s1. The van der Waals surface area contributed by atoms with Crippen LogP contribution in [0.5, 0.6) is 11.5 Å². The van der Waals surface area contributed by atoms with Crippen LogP contribution in [-0.2, 0) is 11.0 Å². The van der Waals surface area contributed by atoms with E-state index in [1.165, 1.54) is 25.6 Å². The molecule has 7 nitrogen and oxygen atoms in total. The highest BCUT2D eigenvalue weighted by atomic mass is 32.2. The molecule has 1 unspecified atom stereocenters. The number of aliphatic hydroxyl groups is 1. The number of aromatic nitrogens is 2. The van der Waals surface area contributed by atoms with Crippen LogP contribution in [0.25, 0.3) is 6.08 Å². The average Bonchev–Trinajstić information content (AvgIpc) is 2.66. The number of rotatable bonds is 7. The Balaban J connectivity index is 2.41. The molecule has 1 aromatic heterocycles. The first-order chi connectivity index (χ1) is 13.2. The Morgan fingerprint density at radius 1 is 1.36 bits per heavy atom. The molecule has 0 amide bonds. The number of aliphatic hydroxyl groups excluding tert-OH is 1. The van der Waals surface area contributed by atoms with Crippen LogP contribution < -0.4 is 4.74 Å². The number of methoxy groups -OCH3 is 1. The molecule has 2 rings (SSSR count). The SMILES string of the molecule is C=Cc1cnc([C@@H](O)C/C(=N\S(=O)C(C)(C)C)c2ccc(OC)cc2O)cn1. The smallest absolute Gasteiger partial charge is 0.145 e. The second kappa shape index (κ2) is 9.07. The summed E-state index contributed by atoms with van der Waals surface area (Å²) in [4.78, 5) is 8.31. The predicted octanol–water partition coefficient (Wildman–Crippen LogP) is 3.21. The average molecular weight is 404 g/mol. The number of hydrogen-bond acceptors (Lipinski definition) is 6. The van der Waals surface area contributed by atoms with Gasteiger partial charge in [-0.2, -0.15) is 4.40 Å². The first-order valence-corrected chi connectivity index (χ1v) is 9.75. The highest BCUT2D eigenvalue weighted by Crippen LogP contribution is 2.28. The summed E-state index contributed by atoms with van der Waals surface area (Å²) in [6.45, 7) is 9.02. The van der Waals surface area contributed by atoms with Gasteiger partial charge in [-0.15, -0.1) is 0 Å². The normalized spacial score (nSPS) is 14.4. The molecule has 0 saturated carbocycles. The van der Waals surface area contributed by atoms with Crippen molar-refractivity contribution in [2.75, 3.05) is 7.11 Å². The van der Waals surface area contributed by atoms with Gasteiger partial charge in [0.15, 0.2) is 0 Å². The van der Waals surface area contributed by atoms with Crippen LogP contribution in [0.3, 0.4) is 0 Å². The zero-order chi connectivity index (χ0) is 20.9. The molecule has 1 heterocycles. The minimum atomic E-state index is -1.58. The molecule has 1 aromatic carbocycles. The Morgan fingerprint density at radius 2 is 2.07 bits per heavy atom. The summed E-state index contributed by atoms with van der Waals surface area (Å²) in [5, 5.41) is 21.0. The van der Waals surface area contributed by atoms with Crippen LogP contribution >= 0.6 is 0 Å². The van der Waals surface area contributed by atoms with E-state index in [0.29, 0.717) is 28.4 Å². The van der Waals surface area contributed by atoms with Gasteiger partial charge in [0.05, 0.1) is 41.4 Å². The molecule has 0 aliphatic heterocycles. The summed E-state index contributed by atoms with van der Waals surface area (Å²) in [7, 11) is -0.0825. The van der Waals surface area contributed by atoms with Crippen molar-refractivity contribution in [3.05, 3.63) is 54.1 Å². The molecule has 0 aliphatic rings. The molecule has 0 aliphatic carbocycles. The molecule has 8 heteroatoms. The van der Waals surface area contributed by atoms with E-state index in [2.05, 4.69) is 20.9 Å². The number of nitrogens with zero attached hydrogens (tertiary/aromatic N) is 3. The van der Waals surface area contributed by atoms with E-state index < -0.39 is 21.8 Å². The molecule has 2 N–H and O–H groups in total. The summed E-state index contributed by atoms with van der Waals surface area (Å²) in [5.41, 5.74) is 1.60. The number of phenols is 1. The maximum absolute atomic E-state index is 12.6. The molecule has 2 aromatic rings. The number of aromatic hydroxyl groups is 1. The molecular formula is C20H25N3O4S. The molecule has 0 radical (unpaired) electrons. The summed E-state index contributed by atoms with van der Waals surface area (Å²) in [6, 6.07) is 4.72. The lowest BCUT2D eigenvalue weighted by Gasteiger charge is -2.18. The lowest BCUT2D eigenvalue weighted by molar-refractivity contribution is 0.181. The summed E-state index contributed by atoms with van der Waals surface area (Å²) >= 11 is 0. The predicted molar refractivity (Wildman–Crippen MR) is 111 cm³/mol. The van der Waals surface area contributed by atoms with Crippen molar-refractivity contribution in [2.24, 2.45) is 4.40 Å². The van der Waals surface area contributed by atoms with E-state index in [1.54, 1.807) is 39.0 Å². The highest BCUT2D eigenvalue weighted by molar-refractivity contribution is 7.85. The van der Waals surface area contributed by atoms with E-state index in [1.807, 2.05) is 0 Å². The van der Waals surface area contributed by atoms with Gasteiger partial charge in [-0.1, -0.05) is 6.58 Å². The zero-order valence-corrected chi connectivity index (χ0v) is 17.2. The van der Waals surface area contributed by atoms with E-state index in [9.17, 15) is 14.4 Å². The van der Waals surface area contributed by atoms with Crippen molar-refractivity contribution in [2.45, 2.75) is 38.0 Å². The van der Waals surface area contributed by atoms with Crippen LogP contribution in [0.4, 0.5) is 0 Å². The Labute approximate surface area is 167 Å². The first kappa shape index (κ1) is 21.7. The third-order valence-corrected chi connectivity index (χ3v) is 5.30. The molecular weight excluding hydrogens is 378 g/mol. The van der Waals surface area contributed by atoms with Crippen molar-refractivity contribution in [1.29, 1.82) is 0 Å². The van der Waals surface area contributed by atoms with Crippen LogP contribution in [0, 0.1) is 0 Å². The molecule has 0 fully saturated rings. The number of ether oxygens (including phenoxy) is 1. The monoisotopic (exact) mass is 403 g/mol. The van der Waals surface area contributed by atoms with E-state index >= 15 is 0 Å². The van der Waals surface area contributed by atoms with Gasteiger partial charge in [0.2, 0.25) is 0 Å². The Morgan fingerprint density at radius 3 is 2.57 bits per heavy atom. The zero-order valence-electron chi connectivity index (χ0n) is 16.4. The van der Waals surface area contributed by atoms with Crippen molar-refractivity contribution in [3.63, 3.8) is 0 Å². The van der Waals surface area contributed by atoms with E-state index in [4.69, 9.17) is 4.74 Å².